The van der Waals surface area contributed by atoms with E-state index in [1.165, 1.54) is 0 Å². The van der Waals surface area contributed by atoms with Crippen molar-refractivity contribution in [3.8, 4) is 11.3 Å². The summed E-state index contributed by atoms with van der Waals surface area (Å²) in [6, 6.07) is 2.06. The summed E-state index contributed by atoms with van der Waals surface area (Å²) in [6.07, 6.45) is 3.75. The van der Waals surface area contributed by atoms with Crippen LogP contribution in [-0.2, 0) is 7.05 Å². The van der Waals surface area contributed by atoms with Crippen molar-refractivity contribution in [2.45, 2.75) is 6.04 Å². The molecule has 3 saturated heterocycles. The Bertz CT molecular complexity index is 661. The topological polar surface area (TPSA) is 50.1 Å². The molecule has 0 spiro atoms. The highest BCUT2D eigenvalue weighted by Crippen LogP contribution is 2.29. The molecule has 0 saturated carbocycles. The molecular weight excluding hydrogens is 288 g/mol. The van der Waals surface area contributed by atoms with Crippen LogP contribution in [0, 0.1) is 0 Å². The minimum atomic E-state index is 0.252. The summed E-state index contributed by atoms with van der Waals surface area (Å²) in [5, 5.41) is 4.69. The van der Waals surface area contributed by atoms with Crippen molar-refractivity contribution in [3.63, 3.8) is 0 Å². The molecule has 3 fully saturated rings. The van der Waals surface area contributed by atoms with Gasteiger partial charge in [-0.05, 0) is 0 Å². The first kappa shape index (κ1) is 13.2. The van der Waals surface area contributed by atoms with Crippen LogP contribution in [-0.4, -0.2) is 62.3 Å². The molecule has 3 aliphatic heterocycles. The first-order valence-corrected chi connectivity index (χ1v) is 7.57. The molecule has 2 bridgehead atoms. The summed E-state index contributed by atoms with van der Waals surface area (Å²) in [5.41, 5.74) is 1.81. The van der Waals surface area contributed by atoms with E-state index in [0.29, 0.717) is 5.15 Å². The lowest BCUT2D eigenvalue weighted by Crippen LogP contribution is -2.57. The van der Waals surface area contributed by atoms with Crippen molar-refractivity contribution in [2.75, 3.05) is 32.7 Å². The van der Waals surface area contributed by atoms with Gasteiger partial charge in [0.1, 0.15) is 11.0 Å². The van der Waals surface area contributed by atoms with Crippen molar-refractivity contribution < 1.29 is 0 Å². The van der Waals surface area contributed by atoms with Crippen LogP contribution in [0.15, 0.2) is 18.5 Å². The number of aromatic nitrogens is 4. The zero-order valence-electron chi connectivity index (χ0n) is 11.9. The molecule has 0 aliphatic carbocycles. The molecule has 110 valence electrons. The van der Waals surface area contributed by atoms with E-state index in [-0.39, 0.29) is 6.04 Å². The molecular formula is C14H17ClN6. The third kappa shape index (κ3) is 2.43. The van der Waals surface area contributed by atoms with E-state index in [2.05, 4.69) is 19.9 Å². The number of piperazine rings is 3. The number of hydrogen-bond donors (Lipinski definition) is 0. The molecule has 5 rings (SSSR count). The zero-order valence-corrected chi connectivity index (χ0v) is 12.7. The molecule has 0 N–H and O–H groups in total. The zero-order chi connectivity index (χ0) is 14.4. The standard InChI is InChI=1S/C14H17ClN6/c1-19-8-10(7-16-19)11-6-13(15)18-14(17-11)12-9-20-2-4-21(12)5-3-20/h6-8,12H,2-5,9H2,1H3. The highest BCUT2D eigenvalue weighted by molar-refractivity contribution is 6.29. The lowest BCUT2D eigenvalue weighted by Gasteiger charge is -2.46. The fourth-order valence-electron chi connectivity index (χ4n) is 3.15. The lowest BCUT2D eigenvalue weighted by molar-refractivity contribution is 0.00870. The Hall–Kier alpha value is -1.50. The van der Waals surface area contributed by atoms with E-state index < -0.39 is 0 Å². The highest BCUT2D eigenvalue weighted by atomic mass is 35.5. The lowest BCUT2D eigenvalue weighted by atomic mass is 10.1. The van der Waals surface area contributed by atoms with Gasteiger partial charge in [-0.15, -0.1) is 0 Å². The molecule has 0 aromatic carbocycles. The monoisotopic (exact) mass is 304 g/mol. The number of rotatable bonds is 2. The molecule has 1 unspecified atom stereocenters. The van der Waals surface area contributed by atoms with Gasteiger partial charge in [0.2, 0.25) is 0 Å². The molecule has 3 aliphatic rings. The van der Waals surface area contributed by atoms with Gasteiger partial charge < -0.3 is 0 Å². The maximum atomic E-state index is 6.22. The van der Waals surface area contributed by atoms with Gasteiger partial charge in [-0.2, -0.15) is 5.10 Å². The first-order chi connectivity index (χ1) is 10.2. The Kier molecular flexibility index (Phi) is 3.17. The van der Waals surface area contributed by atoms with E-state index >= 15 is 0 Å². The van der Waals surface area contributed by atoms with E-state index in [0.717, 1.165) is 49.8 Å². The Morgan fingerprint density at radius 3 is 2.62 bits per heavy atom. The molecule has 6 nitrogen and oxygen atoms in total. The van der Waals surface area contributed by atoms with Gasteiger partial charge in [-0.3, -0.25) is 14.5 Å². The first-order valence-electron chi connectivity index (χ1n) is 7.19. The SMILES string of the molecule is Cn1cc(-c2cc(Cl)nc(C3CN4CCN3CC4)n2)cn1. The molecule has 2 aromatic rings. The molecule has 2 aromatic heterocycles. The second-order valence-electron chi connectivity index (χ2n) is 5.69. The van der Waals surface area contributed by atoms with Crippen molar-refractivity contribution >= 4 is 11.6 Å². The van der Waals surface area contributed by atoms with Gasteiger partial charge >= 0.3 is 0 Å². The average Bonchev–Trinajstić information content (AvgIpc) is 2.94. The second-order valence-corrected chi connectivity index (χ2v) is 6.08. The summed E-state index contributed by atoms with van der Waals surface area (Å²) in [5.74, 6) is 0.825. The quantitative estimate of drug-likeness (QED) is 0.781. The Morgan fingerprint density at radius 1 is 1.19 bits per heavy atom. The van der Waals surface area contributed by atoms with Crippen LogP contribution < -0.4 is 0 Å². The van der Waals surface area contributed by atoms with E-state index in [1.807, 2.05) is 13.2 Å². The molecule has 1 atom stereocenters. The van der Waals surface area contributed by atoms with Crippen molar-refractivity contribution in [1.29, 1.82) is 0 Å². The van der Waals surface area contributed by atoms with Crippen LogP contribution in [0.1, 0.15) is 11.9 Å². The van der Waals surface area contributed by atoms with Crippen LogP contribution in [0.25, 0.3) is 11.3 Å². The maximum Gasteiger partial charge on any atom is 0.149 e. The fraction of sp³-hybridized carbons (Fsp3) is 0.500. The smallest absolute Gasteiger partial charge is 0.149 e. The molecule has 7 heteroatoms. The highest BCUT2D eigenvalue weighted by Gasteiger charge is 2.34. The number of nitrogens with zero attached hydrogens (tertiary/aromatic N) is 6. The average molecular weight is 305 g/mol. The fourth-order valence-corrected chi connectivity index (χ4v) is 3.34. The number of aryl methyl sites for hydroxylation is 1. The van der Waals surface area contributed by atoms with Gasteiger partial charge in [-0.25, -0.2) is 9.97 Å². The Balaban J connectivity index is 1.71. The number of hydrogen-bond acceptors (Lipinski definition) is 5. The van der Waals surface area contributed by atoms with Crippen LogP contribution in [0.2, 0.25) is 5.15 Å². The Labute approximate surface area is 128 Å². The molecule has 0 radical (unpaired) electrons. The van der Waals surface area contributed by atoms with Gasteiger partial charge in [-0.1, -0.05) is 11.6 Å². The van der Waals surface area contributed by atoms with Gasteiger partial charge in [0.05, 0.1) is 17.9 Å². The number of fused-ring (bicyclic) bond motifs is 3. The summed E-state index contributed by atoms with van der Waals surface area (Å²) in [7, 11) is 1.90. The van der Waals surface area contributed by atoms with Crippen molar-refractivity contribution in [2.24, 2.45) is 7.05 Å². The maximum absolute atomic E-state index is 6.22. The summed E-state index contributed by atoms with van der Waals surface area (Å²) in [4.78, 5) is 14.1. The minimum Gasteiger partial charge on any atom is -0.299 e. The molecule has 0 amide bonds. The normalized spacial score (nSPS) is 28.0. The van der Waals surface area contributed by atoms with Gasteiger partial charge in [0.15, 0.2) is 0 Å². The summed E-state index contributed by atoms with van der Waals surface area (Å²) < 4.78 is 1.77. The third-order valence-corrected chi connectivity index (χ3v) is 4.48. The van der Waals surface area contributed by atoms with Crippen LogP contribution >= 0.6 is 11.6 Å². The minimum absolute atomic E-state index is 0.252. The largest absolute Gasteiger partial charge is 0.299 e. The summed E-state index contributed by atoms with van der Waals surface area (Å²) >= 11 is 6.22. The second kappa shape index (κ2) is 5.05. The predicted molar refractivity (Wildman–Crippen MR) is 80.0 cm³/mol. The predicted octanol–water partition coefficient (Wildman–Crippen LogP) is 1.20. The van der Waals surface area contributed by atoms with Crippen LogP contribution in [0.4, 0.5) is 0 Å². The molecule has 21 heavy (non-hydrogen) atoms. The van der Waals surface area contributed by atoms with E-state index in [1.54, 1.807) is 16.9 Å². The third-order valence-electron chi connectivity index (χ3n) is 4.29. The summed E-state index contributed by atoms with van der Waals surface area (Å²) in [6.45, 7) is 5.46. The molecule has 5 heterocycles. The Morgan fingerprint density at radius 2 is 2.00 bits per heavy atom. The van der Waals surface area contributed by atoms with E-state index in [9.17, 15) is 0 Å². The number of halogens is 1. The van der Waals surface area contributed by atoms with Gasteiger partial charge in [0, 0.05) is 57.6 Å². The van der Waals surface area contributed by atoms with Crippen LogP contribution in [0.5, 0.6) is 0 Å². The van der Waals surface area contributed by atoms with Crippen LogP contribution in [0.3, 0.4) is 0 Å². The van der Waals surface area contributed by atoms with Crippen molar-refractivity contribution in [1.82, 2.24) is 29.5 Å². The van der Waals surface area contributed by atoms with E-state index in [4.69, 9.17) is 16.6 Å². The van der Waals surface area contributed by atoms with Gasteiger partial charge in [0.25, 0.3) is 0 Å². The van der Waals surface area contributed by atoms with Crippen molar-refractivity contribution in [3.05, 3.63) is 29.4 Å².